The summed E-state index contributed by atoms with van der Waals surface area (Å²) in [6.07, 6.45) is 1.58. The standard InChI is InChI=1S/C15H14ClFN6O3/c16-11-3-9(17)2-1-8(11)5-23-14(25)12(19-15(23)26)4-10-6-22(21-20-10)7-13(18)24/h1-3,6,12H,4-5,7H2,(H2,18,24)(H,19,26). The van der Waals surface area contributed by atoms with Crippen molar-refractivity contribution in [3.63, 3.8) is 0 Å². The Labute approximate surface area is 151 Å². The molecule has 2 aromatic rings. The number of nitrogens with two attached hydrogens (primary N) is 1. The van der Waals surface area contributed by atoms with E-state index < -0.39 is 29.7 Å². The first kappa shape index (κ1) is 17.8. The first-order chi connectivity index (χ1) is 12.3. The lowest BCUT2D eigenvalue weighted by molar-refractivity contribution is -0.127. The highest BCUT2D eigenvalue weighted by Crippen LogP contribution is 2.21. The van der Waals surface area contributed by atoms with Crippen molar-refractivity contribution in [2.75, 3.05) is 0 Å². The van der Waals surface area contributed by atoms with Crippen LogP contribution in [-0.4, -0.2) is 43.8 Å². The molecule has 26 heavy (non-hydrogen) atoms. The third-order valence-corrected chi connectivity index (χ3v) is 4.12. The Balaban J connectivity index is 1.68. The fraction of sp³-hybridized carbons (Fsp3) is 0.267. The Morgan fingerprint density at radius 1 is 1.38 bits per heavy atom. The van der Waals surface area contributed by atoms with E-state index in [2.05, 4.69) is 15.6 Å². The van der Waals surface area contributed by atoms with Gasteiger partial charge < -0.3 is 11.1 Å². The molecule has 4 amide bonds. The topological polar surface area (TPSA) is 123 Å². The lowest BCUT2D eigenvalue weighted by atomic mass is 10.1. The quantitative estimate of drug-likeness (QED) is 0.694. The number of primary amides is 1. The van der Waals surface area contributed by atoms with Crippen LogP contribution in [0.3, 0.4) is 0 Å². The van der Waals surface area contributed by atoms with E-state index >= 15 is 0 Å². The van der Waals surface area contributed by atoms with Crippen LogP contribution in [0.5, 0.6) is 0 Å². The van der Waals surface area contributed by atoms with Crippen molar-refractivity contribution < 1.29 is 18.8 Å². The molecule has 3 rings (SSSR count). The van der Waals surface area contributed by atoms with Gasteiger partial charge in [-0.1, -0.05) is 22.9 Å². The van der Waals surface area contributed by atoms with Crippen molar-refractivity contribution in [1.82, 2.24) is 25.2 Å². The second-order valence-corrected chi connectivity index (χ2v) is 6.15. The highest BCUT2D eigenvalue weighted by atomic mass is 35.5. The Morgan fingerprint density at radius 2 is 2.15 bits per heavy atom. The van der Waals surface area contributed by atoms with Crippen LogP contribution >= 0.6 is 11.6 Å². The van der Waals surface area contributed by atoms with E-state index in [1.54, 1.807) is 0 Å². The van der Waals surface area contributed by atoms with Crippen LogP contribution in [0, 0.1) is 5.82 Å². The molecule has 1 fully saturated rings. The summed E-state index contributed by atoms with van der Waals surface area (Å²) < 4.78 is 14.4. The molecular formula is C15H14ClFN6O3. The zero-order chi connectivity index (χ0) is 18.8. The third kappa shape index (κ3) is 3.80. The maximum Gasteiger partial charge on any atom is 0.325 e. The molecule has 1 aromatic heterocycles. The summed E-state index contributed by atoms with van der Waals surface area (Å²) in [5.74, 6) is -1.54. The first-order valence-electron chi connectivity index (χ1n) is 7.56. The van der Waals surface area contributed by atoms with Gasteiger partial charge in [0.2, 0.25) is 5.91 Å². The number of nitrogens with one attached hydrogen (secondary N) is 1. The van der Waals surface area contributed by atoms with E-state index in [1.165, 1.54) is 23.0 Å². The lowest BCUT2D eigenvalue weighted by Crippen LogP contribution is -2.32. The number of carbonyl (C=O) groups excluding carboxylic acids is 3. The van der Waals surface area contributed by atoms with E-state index in [0.29, 0.717) is 11.3 Å². The molecule has 0 aliphatic carbocycles. The minimum absolute atomic E-state index is 0.0748. The van der Waals surface area contributed by atoms with Gasteiger partial charge in [-0.3, -0.25) is 14.5 Å². The van der Waals surface area contributed by atoms with E-state index in [1.807, 2.05) is 0 Å². The SMILES string of the molecule is NC(=O)Cn1cc(CC2NC(=O)N(Cc3ccc(F)cc3Cl)C2=O)nn1. The molecule has 0 spiro atoms. The van der Waals surface area contributed by atoms with Gasteiger partial charge in [0.25, 0.3) is 5.91 Å². The molecule has 1 aliphatic heterocycles. The summed E-state index contributed by atoms with van der Waals surface area (Å²) in [6.45, 7) is -0.207. The smallest absolute Gasteiger partial charge is 0.325 e. The summed E-state index contributed by atoms with van der Waals surface area (Å²) in [4.78, 5) is 36.4. The largest absolute Gasteiger partial charge is 0.368 e. The Kier molecular flexibility index (Phi) is 4.85. The molecule has 1 saturated heterocycles. The molecule has 2 heterocycles. The summed E-state index contributed by atoms with van der Waals surface area (Å²) in [5.41, 5.74) is 5.94. The van der Waals surface area contributed by atoms with E-state index in [9.17, 15) is 18.8 Å². The number of amides is 4. The van der Waals surface area contributed by atoms with Crippen molar-refractivity contribution in [2.45, 2.75) is 25.6 Å². The zero-order valence-electron chi connectivity index (χ0n) is 13.4. The van der Waals surface area contributed by atoms with Crippen LogP contribution in [0.4, 0.5) is 9.18 Å². The van der Waals surface area contributed by atoms with Crippen molar-refractivity contribution in [2.24, 2.45) is 5.73 Å². The number of nitrogens with zero attached hydrogens (tertiary/aromatic N) is 4. The monoisotopic (exact) mass is 380 g/mol. The summed E-state index contributed by atoms with van der Waals surface area (Å²) in [7, 11) is 0. The van der Waals surface area contributed by atoms with Gasteiger partial charge in [0, 0.05) is 17.6 Å². The summed E-state index contributed by atoms with van der Waals surface area (Å²) in [5, 5.41) is 10.3. The van der Waals surface area contributed by atoms with Gasteiger partial charge >= 0.3 is 6.03 Å². The molecule has 9 nitrogen and oxygen atoms in total. The van der Waals surface area contributed by atoms with Crippen LogP contribution in [-0.2, 0) is 29.1 Å². The highest BCUT2D eigenvalue weighted by molar-refractivity contribution is 6.31. The van der Waals surface area contributed by atoms with Crippen LogP contribution in [0.15, 0.2) is 24.4 Å². The van der Waals surface area contributed by atoms with Crippen LogP contribution in [0.1, 0.15) is 11.3 Å². The van der Waals surface area contributed by atoms with Gasteiger partial charge in [0.05, 0.1) is 12.2 Å². The molecule has 1 aliphatic rings. The number of halogens is 2. The third-order valence-electron chi connectivity index (χ3n) is 3.77. The van der Waals surface area contributed by atoms with Crippen LogP contribution < -0.4 is 11.1 Å². The molecule has 0 bridgehead atoms. The van der Waals surface area contributed by atoms with Crippen LogP contribution in [0.2, 0.25) is 5.02 Å². The molecule has 1 aromatic carbocycles. The fourth-order valence-electron chi connectivity index (χ4n) is 2.56. The average molecular weight is 381 g/mol. The number of urea groups is 1. The van der Waals surface area contributed by atoms with Gasteiger partial charge in [-0.15, -0.1) is 5.10 Å². The molecular weight excluding hydrogens is 367 g/mol. The predicted molar refractivity (Wildman–Crippen MR) is 87.2 cm³/mol. The fourth-order valence-corrected chi connectivity index (χ4v) is 2.79. The van der Waals surface area contributed by atoms with Crippen LogP contribution in [0.25, 0.3) is 0 Å². The van der Waals surface area contributed by atoms with Crippen molar-refractivity contribution in [3.8, 4) is 0 Å². The molecule has 0 saturated carbocycles. The molecule has 3 N–H and O–H groups in total. The van der Waals surface area contributed by atoms with E-state index in [0.717, 1.165) is 11.0 Å². The Hall–Kier alpha value is -3.01. The van der Waals surface area contributed by atoms with Gasteiger partial charge in [-0.05, 0) is 17.7 Å². The van der Waals surface area contributed by atoms with Gasteiger partial charge in [-0.2, -0.15) is 0 Å². The number of rotatable bonds is 6. The van der Waals surface area contributed by atoms with Crippen molar-refractivity contribution in [1.29, 1.82) is 0 Å². The van der Waals surface area contributed by atoms with Gasteiger partial charge in [0.1, 0.15) is 18.4 Å². The first-order valence-corrected chi connectivity index (χ1v) is 7.94. The maximum atomic E-state index is 13.1. The van der Waals surface area contributed by atoms with E-state index in [4.69, 9.17) is 17.3 Å². The lowest BCUT2D eigenvalue weighted by Gasteiger charge is -2.14. The molecule has 1 atom stereocenters. The number of hydrogen-bond donors (Lipinski definition) is 2. The number of carbonyl (C=O) groups is 3. The van der Waals surface area contributed by atoms with Gasteiger partial charge in [-0.25, -0.2) is 13.9 Å². The second kappa shape index (κ2) is 7.08. The number of aromatic nitrogens is 3. The number of benzene rings is 1. The second-order valence-electron chi connectivity index (χ2n) is 5.74. The zero-order valence-corrected chi connectivity index (χ0v) is 14.1. The number of imide groups is 1. The van der Waals surface area contributed by atoms with Crippen molar-refractivity contribution in [3.05, 3.63) is 46.5 Å². The predicted octanol–water partition coefficient (Wildman–Crippen LogP) is 0.219. The molecule has 11 heteroatoms. The number of hydrogen-bond acceptors (Lipinski definition) is 5. The Bertz CT molecular complexity index is 886. The highest BCUT2D eigenvalue weighted by Gasteiger charge is 2.38. The molecule has 0 radical (unpaired) electrons. The summed E-state index contributed by atoms with van der Waals surface area (Å²) in [6, 6.07) is 2.34. The molecule has 1 unspecified atom stereocenters. The normalized spacial score (nSPS) is 16.8. The minimum Gasteiger partial charge on any atom is -0.368 e. The minimum atomic E-state index is -0.819. The molecule has 136 valence electrons. The average Bonchev–Trinajstić information content (AvgIpc) is 3.08. The Morgan fingerprint density at radius 3 is 2.85 bits per heavy atom. The van der Waals surface area contributed by atoms with E-state index in [-0.39, 0.29) is 24.5 Å². The summed E-state index contributed by atoms with van der Waals surface area (Å²) >= 11 is 5.95. The van der Waals surface area contributed by atoms with Gasteiger partial charge in [0.15, 0.2) is 0 Å². The van der Waals surface area contributed by atoms with Crippen molar-refractivity contribution >= 4 is 29.4 Å². The maximum absolute atomic E-state index is 13.1.